The molecule has 2 atom stereocenters. The van der Waals surface area contributed by atoms with Gasteiger partial charge in [0.15, 0.2) is 0 Å². The van der Waals surface area contributed by atoms with Crippen molar-refractivity contribution in [2.75, 3.05) is 7.05 Å². The van der Waals surface area contributed by atoms with Gasteiger partial charge in [-0.15, -0.1) is 0 Å². The number of rotatable bonds is 4. The largest absolute Gasteiger partial charge is 0.316 e. The van der Waals surface area contributed by atoms with Crippen molar-refractivity contribution in [1.82, 2.24) is 10.3 Å². The smallest absolute Gasteiger partial charge is 0.0482 e. The molecule has 0 spiro atoms. The Morgan fingerprint density at radius 3 is 2.86 bits per heavy atom. The fourth-order valence-corrected chi connectivity index (χ4v) is 3.47. The Hall–Kier alpha value is -1.67. The molecule has 2 heteroatoms. The van der Waals surface area contributed by atoms with Gasteiger partial charge in [-0.1, -0.05) is 24.3 Å². The predicted octanol–water partition coefficient (Wildman–Crippen LogP) is 3.56. The molecule has 0 bridgehead atoms. The Bertz CT molecular complexity index is 633. The van der Waals surface area contributed by atoms with Crippen molar-refractivity contribution in [3.05, 3.63) is 64.5 Å². The van der Waals surface area contributed by atoms with Crippen molar-refractivity contribution in [3.8, 4) is 0 Å². The molecule has 0 fully saturated rings. The second-order valence-corrected chi connectivity index (χ2v) is 6.21. The van der Waals surface area contributed by atoms with Crippen molar-refractivity contribution in [3.63, 3.8) is 0 Å². The lowest BCUT2D eigenvalue weighted by atomic mass is 9.90. The molecule has 1 aromatic carbocycles. The number of pyridine rings is 1. The van der Waals surface area contributed by atoms with Crippen LogP contribution in [0.25, 0.3) is 0 Å². The van der Waals surface area contributed by atoms with Crippen LogP contribution in [0.3, 0.4) is 0 Å². The minimum atomic E-state index is 0.461. The van der Waals surface area contributed by atoms with Gasteiger partial charge in [0.2, 0.25) is 0 Å². The van der Waals surface area contributed by atoms with E-state index in [9.17, 15) is 0 Å². The number of hydrogen-bond donors (Lipinski definition) is 1. The van der Waals surface area contributed by atoms with Crippen LogP contribution >= 0.6 is 0 Å². The molecule has 0 radical (unpaired) electrons. The third-order valence-electron chi connectivity index (χ3n) is 4.89. The Labute approximate surface area is 127 Å². The number of fused-ring (bicyclic) bond motifs is 1. The molecule has 1 aliphatic rings. The lowest BCUT2D eigenvalue weighted by molar-refractivity contribution is 0.450. The fraction of sp³-hybridized carbons (Fsp3) is 0.421. The third kappa shape index (κ3) is 2.86. The second-order valence-electron chi connectivity index (χ2n) is 6.21. The zero-order valence-corrected chi connectivity index (χ0v) is 13.2. The summed E-state index contributed by atoms with van der Waals surface area (Å²) in [4.78, 5) is 4.64. The van der Waals surface area contributed by atoms with Crippen LogP contribution in [0.15, 0.2) is 36.5 Å². The van der Waals surface area contributed by atoms with Gasteiger partial charge in [-0.05, 0) is 68.5 Å². The van der Waals surface area contributed by atoms with Gasteiger partial charge in [0, 0.05) is 23.9 Å². The number of hydrogen-bond acceptors (Lipinski definition) is 2. The Balaban J connectivity index is 1.81. The fourth-order valence-electron chi connectivity index (χ4n) is 3.47. The number of nitrogens with one attached hydrogen (secondary N) is 1. The number of likely N-dealkylation sites (N-methyl/N-ethyl adjacent to an activating group) is 1. The van der Waals surface area contributed by atoms with Gasteiger partial charge >= 0.3 is 0 Å². The molecule has 1 heterocycles. The summed E-state index contributed by atoms with van der Waals surface area (Å²) in [5.41, 5.74) is 6.91. The Kier molecular flexibility index (Phi) is 4.07. The molecular formula is C19H24N2. The van der Waals surface area contributed by atoms with E-state index in [1.54, 1.807) is 0 Å². The summed E-state index contributed by atoms with van der Waals surface area (Å²) in [6.07, 6.45) is 5.37. The van der Waals surface area contributed by atoms with E-state index in [0.717, 1.165) is 6.42 Å². The highest BCUT2D eigenvalue weighted by Gasteiger charge is 2.30. The monoisotopic (exact) mass is 280 g/mol. The third-order valence-corrected chi connectivity index (χ3v) is 4.89. The molecule has 0 aliphatic heterocycles. The number of aryl methyl sites for hydroxylation is 3. The predicted molar refractivity (Wildman–Crippen MR) is 87.8 cm³/mol. The first-order valence-electron chi connectivity index (χ1n) is 7.86. The molecule has 0 saturated carbocycles. The van der Waals surface area contributed by atoms with Crippen LogP contribution in [0, 0.1) is 13.8 Å². The molecule has 0 amide bonds. The average molecular weight is 280 g/mol. The van der Waals surface area contributed by atoms with E-state index in [1.807, 2.05) is 6.20 Å². The van der Waals surface area contributed by atoms with E-state index in [1.165, 1.54) is 40.8 Å². The van der Waals surface area contributed by atoms with E-state index < -0.39 is 0 Å². The van der Waals surface area contributed by atoms with Crippen LogP contribution in [0.5, 0.6) is 0 Å². The minimum Gasteiger partial charge on any atom is -0.316 e. The summed E-state index contributed by atoms with van der Waals surface area (Å²) < 4.78 is 0. The minimum absolute atomic E-state index is 0.461. The van der Waals surface area contributed by atoms with E-state index in [2.05, 4.69) is 61.5 Å². The quantitative estimate of drug-likeness (QED) is 0.926. The SMILES string of the molecule is CNC(Cc1ccc(C)c(C)c1)C1CCc2cccnc21. The van der Waals surface area contributed by atoms with Gasteiger partial charge in [0.05, 0.1) is 0 Å². The zero-order chi connectivity index (χ0) is 14.8. The summed E-state index contributed by atoms with van der Waals surface area (Å²) in [5, 5.41) is 3.53. The highest BCUT2D eigenvalue weighted by molar-refractivity contribution is 5.33. The van der Waals surface area contributed by atoms with Crippen molar-refractivity contribution in [1.29, 1.82) is 0 Å². The van der Waals surface area contributed by atoms with Gasteiger partial charge in [0.25, 0.3) is 0 Å². The van der Waals surface area contributed by atoms with Crippen LogP contribution in [-0.4, -0.2) is 18.1 Å². The van der Waals surface area contributed by atoms with Crippen LogP contribution in [-0.2, 0) is 12.8 Å². The Morgan fingerprint density at radius 1 is 1.24 bits per heavy atom. The van der Waals surface area contributed by atoms with Gasteiger partial charge in [-0.2, -0.15) is 0 Å². The zero-order valence-electron chi connectivity index (χ0n) is 13.2. The molecule has 3 rings (SSSR count). The van der Waals surface area contributed by atoms with Gasteiger partial charge in [-0.3, -0.25) is 4.98 Å². The second kappa shape index (κ2) is 5.98. The van der Waals surface area contributed by atoms with Crippen molar-refractivity contribution < 1.29 is 0 Å². The highest BCUT2D eigenvalue weighted by atomic mass is 14.9. The highest BCUT2D eigenvalue weighted by Crippen LogP contribution is 2.34. The van der Waals surface area contributed by atoms with Crippen LogP contribution in [0.2, 0.25) is 0 Å². The molecule has 1 aromatic heterocycles. The van der Waals surface area contributed by atoms with Gasteiger partial charge in [0.1, 0.15) is 0 Å². The van der Waals surface area contributed by atoms with Gasteiger partial charge in [-0.25, -0.2) is 0 Å². The first kappa shape index (κ1) is 14.3. The first-order valence-corrected chi connectivity index (χ1v) is 7.86. The molecule has 21 heavy (non-hydrogen) atoms. The molecule has 2 unspecified atom stereocenters. The van der Waals surface area contributed by atoms with E-state index in [0.29, 0.717) is 12.0 Å². The lowest BCUT2D eigenvalue weighted by Crippen LogP contribution is -2.33. The van der Waals surface area contributed by atoms with Crippen LogP contribution < -0.4 is 5.32 Å². The van der Waals surface area contributed by atoms with E-state index >= 15 is 0 Å². The topological polar surface area (TPSA) is 24.9 Å². The average Bonchev–Trinajstić information content (AvgIpc) is 2.92. The molecule has 1 N–H and O–H groups in total. The van der Waals surface area contributed by atoms with Crippen molar-refractivity contribution >= 4 is 0 Å². The van der Waals surface area contributed by atoms with Gasteiger partial charge < -0.3 is 5.32 Å². The summed E-state index contributed by atoms with van der Waals surface area (Å²) in [6.45, 7) is 4.37. The van der Waals surface area contributed by atoms with Crippen molar-refractivity contribution in [2.45, 2.75) is 45.1 Å². The van der Waals surface area contributed by atoms with Crippen LogP contribution in [0.4, 0.5) is 0 Å². The summed E-state index contributed by atoms with van der Waals surface area (Å²) in [6, 6.07) is 11.6. The number of aromatic nitrogens is 1. The van der Waals surface area contributed by atoms with Crippen molar-refractivity contribution in [2.24, 2.45) is 0 Å². The molecule has 2 aromatic rings. The summed E-state index contributed by atoms with van der Waals surface area (Å²) >= 11 is 0. The van der Waals surface area contributed by atoms with Crippen LogP contribution in [0.1, 0.15) is 40.3 Å². The maximum atomic E-state index is 4.64. The lowest BCUT2D eigenvalue weighted by Gasteiger charge is -2.24. The maximum Gasteiger partial charge on any atom is 0.0482 e. The molecule has 110 valence electrons. The number of benzene rings is 1. The Morgan fingerprint density at radius 2 is 2.10 bits per heavy atom. The molecule has 1 aliphatic carbocycles. The molecule has 0 saturated heterocycles. The van der Waals surface area contributed by atoms with E-state index in [-0.39, 0.29) is 0 Å². The summed E-state index contributed by atoms with van der Waals surface area (Å²) in [7, 11) is 2.08. The van der Waals surface area contributed by atoms with E-state index in [4.69, 9.17) is 0 Å². The maximum absolute atomic E-state index is 4.64. The standard InChI is InChI=1S/C19H24N2/c1-13-6-7-15(11-14(13)2)12-18(20-3)17-9-8-16-5-4-10-21-19(16)17/h4-7,10-11,17-18,20H,8-9,12H2,1-3H3. The summed E-state index contributed by atoms with van der Waals surface area (Å²) in [5.74, 6) is 0.535. The first-order chi connectivity index (χ1) is 10.2. The molecule has 2 nitrogen and oxygen atoms in total. The molecular weight excluding hydrogens is 256 g/mol. The normalized spacial score (nSPS) is 18.5. The number of nitrogens with zero attached hydrogens (tertiary/aromatic N) is 1.